The van der Waals surface area contributed by atoms with Crippen LogP contribution >= 0.6 is 0 Å². The lowest BCUT2D eigenvalue weighted by Gasteiger charge is -2.53. The fraction of sp³-hybridized carbons (Fsp3) is 0.484. The van der Waals surface area contributed by atoms with Crippen molar-refractivity contribution in [3.05, 3.63) is 71.9 Å². The van der Waals surface area contributed by atoms with E-state index >= 15 is 0 Å². The van der Waals surface area contributed by atoms with Gasteiger partial charge in [0.05, 0.1) is 12.6 Å². The van der Waals surface area contributed by atoms with Gasteiger partial charge in [-0.25, -0.2) is 4.79 Å². The summed E-state index contributed by atoms with van der Waals surface area (Å²) >= 11 is 0. The zero-order valence-corrected chi connectivity index (χ0v) is 21.6. The Morgan fingerprint density at radius 1 is 0.895 bits per heavy atom. The smallest absolute Gasteiger partial charge is 0.408 e. The van der Waals surface area contributed by atoms with Gasteiger partial charge in [-0.2, -0.15) is 0 Å². The fourth-order valence-corrected chi connectivity index (χ4v) is 7.46. The van der Waals surface area contributed by atoms with Crippen LogP contribution in [0.1, 0.15) is 43.2 Å². The van der Waals surface area contributed by atoms with Crippen LogP contribution < -0.4 is 10.6 Å². The predicted octanol–water partition coefficient (Wildman–Crippen LogP) is 4.35. The van der Waals surface area contributed by atoms with Crippen molar-refractivity contribution >= 4 is 22.9 Å². The highest BCUT2D eigenvalue weighted by atomic mass is 16.6. The van der Waals surface area contributed by atoms with Crippen LogP contribution in [0.2, 0.25) is 0 Å². The van der Waals surface area contributed by atoms with Crippen LogP contribution in [0.15, 0.2) is 60.8 Å². The van der Waals surface area contributed by atoms with Gasteiger partial charge in [-0.1, -0.05) is 48.5 Å². The lowest BCUT2D eigenvalue weighted by molar-refractivity contribution is -0.124. The van der Waals surface area contributed by atoms with E-state index in [4.69, 9.17) is 4.74 Å². The lowest BCUT2D eigenvalue weighted by Crippen LogP contribution is -2.54. The molecule has 38 heavy (non-hydrogen) atoms. The third-order valence-electron chi connectivity index (χ3n) is 8.98. The van der Waals surface area contributed by atoms with Gasteiger partial charge >= 0.3 is 6.09 Å². The Kier molecular flexibility index (Phi) is 7.11. The number of benzene rings is 2. The maximum Gasteiger partial charge on any atom is 0.408 e. The Morgan fingerprint density at radius 3 is 2.29 bits per heavy atom. The molecular formula is C31H37N3O4. The molecule has 2 atom stereocenters. The number of alkyl carbamates (subject to hydrolysis) is 1. The summed E-state index contributed by atoms with van der Waals surface area (Å²) in [5.41, 5.74) is 2.95. The van der Waals surface area contributed by atoms with Crippen molar-refractivity contribution in [2.24, 2.45) is 23.7 Å². The lowest BCUT2D eigenvalue weighted by atomic mass is 9.55. The summed E-state index contributed by atoms with van der Waals surface area (Å²) in [6, 6.07) is 16.4. The molecule has 7 nitrogen and oxygen atoms in total. The van der Waals surface area contributed by atoms with Crippen molar-refractivity contribution in [3.8, 4) is 0 Å². The van der Waals surface area contributed by atoms with Gasteiger partial charge in [0, 0.05) is 23.5 Å². The third kappa shape index (κ3) is 5.30. The van der Waals surface area contributed by atoms with Crippen LogP contribution in [0.25, 0.3) is 10.9 Å². The standard InChI is InChI=1S/C31H37N3O4/c35-18-25(15-19-6-2-1-3-7-19)33-30(36)28(16-24-17-32-27-9-5-4-8-26(24)27)34-31(37)38-29-22-11-20-10-21(13-22)14-23(29)12-20/h1-9,17,20-23,25,28-29,32,35H,10-16,18H2,(H,33,36)(H,34,37)/t20?,21?,22?,23?,25-,28-,29?/m0/s1. The second kappa shape index (κ2) is 10.8. The van der Waals surface area contributed by atoms with Crippen molar-refractivity contribution in [3.63, 3.8) is 0 Å². The first kappa shape index (κ1) is 25.0. The van der Waals surface area contributed by atoms with E-state index in [1.165, 1.54) is 6.42 Å². The largest absolute Gasteiger partial charge is 0.446 e. The van der Waals surface area contributed by atoms with E-state index in [-0.39, 0.29) is 18.6 Å². The summed E-state index contributed by atoms with van der Waals surface area (Å²) in [7, 11) is 0. The van der Waals surface area contributed by atoms with Crippen LogP contribution in [0, 0.1) is 23.7 Å². The summed E-state index contributed by atoms with van der Waals surface area (Å²) in [4.78, 5) is 30.0. The molecule has 3 aromatic rings. The minimum Gasteiger partial charge on any atom is -0.446 e. The van der Waals surface area contributed by atoms with Gasteiger partial charge in [0.25, 0.3) is 0 Å². The number of aliphatic hydroxyl groups excluding tert-OH is 1. The molecule has 1 aromatic heterocycles. The molecule has 4 N–H and O–H groups in total. The quantitative estimate of drug-likeness (QED) is 0.340. The van der Waals surface area contributed by atoms with Crippen LogP contribution in [0.4, 0.5) is 4.79 Å². The molecule has 4 bridgehead atoms. The maximum atomic E-state index is 13.5. The first-order valence-corrected chi connectivity index (χ1v) is 14.0. The van der Waals surface area contributed by atoms with Crippen LogP contribution in [-0.2, 0) is 22.4 Å². The molecule has 200 valence electrons. The van der Waals surface area contributed by atoms with Gasteiger partial charge in [0.15, 0.2) is 0 Å². The first-order valence-electron chi connectivity index (χ1n) is 14.0. The Morgan fingerprint density at radius 2 is 1.58 bits per heavy atom. The van der Waals surface area contributed by atoms with Crippen LogP contribution in [0.5, 0.6) is 0 Å². The maximum absolute atomic E-state index is 13.5. The molecule has 0 saturated heterocycles. The molecule has 0 radical (unpaired) electrons. The zero-order valence-electron chi connectivity index (χ0n) is 21.6. The normalized spacial score (nSPS) is 27.1. The van der Waals surface area contributed by atoms with E-state index in [1.807, 2.05) is 60.8 Å². The van der Waals surface area contributed by atoms with Crippen molar-refractivity contribution in [1.29, 1.82) is 0 Å². The van der Waals surface area contributed by atoms with Gasteiger partial charge in [-0.15, -0.1) is 0 Å². The number of ether oxygens (including phenoxy) is 1. The van der Waals surface area contributed by atoms with E-state index in [0.29, 0.717) is 24.7 Å². The van der Waals surface area contributed by atoms with E-state index in [1.54, 1.807) is 0 Å². The summed E-state index contributed by atoms with van der Waals surface area (Å²) in [5, 5.41) is 16.9. The number of amides is 2. The molecule has 1 heterocycles. The number of H-pyrrole nitrogens is 1. The number of hydrogen-bond donors (Lipinski definition) is 4. The molecule has 2 aromatic carbocycles. The molecule has 4 aliphatic rings. The van der Waals surface area contributed by atoms with Crippen molar-refractivity contribution < 1.29 is 19.4 Å². The van der Waals surface area contributed by atoms with Gasteiger partial charge < -0.3 is 25.5 Å². The number of aromatic amines is 1. The number of fused-ring (bicyclic) bond motifs is 1. The molecule has 4 aliphatic carbocycles. The number of para-hydroxylation sites is 1. The second-order valence-electron chi connectivity index (χ2n) is 11.6. The highest BCUT2D eigenvalue weighted by Gasteiger charge is 2.50. The van der Waals surface area contributed by atoms with Crippen LogP contribution in [-0.4, -0.2) is 46.9 Å². The number of nitrogens with one attached hydrogen (secondary N) is 3. The summed E-state index contributed by atoms with van der Waals surface area (Å²) in [6.45, 7) is -0.196. The third-order valence-corrected chi connectivity index (χ3v) is 8.98. The van der Waals surface area contributed by atoms with Gasteiger partial charge in [-0.05, 0) is 79.4 Å². The molecular weight excluding hydrogens is 478 g/mol. The minimum atomic E-state index is -0.830. The van der Waals surface area contributed by atoms with E-state index in [0.717, 1.165) is 59.5 Å². The first-order chi connectivity index (χ1) is 18.6. The van der Waals surface area contributed by atoms with E-state index < -0.39 is 18.2 Å². The molecule has 0 aliphatic heterocycles. The van der Waals surface area contributed by atoms with E-state index in [9.17, 15) is 14.7 Å². The number of aliphatic hydroxyl groups is 1. The topological polar surface area (TPSA) is 103 Å². The zero-order chi connectivity index (χ0) is 26.1. The summed E-state index contributed by atoms with van der Waals surface area (Å²) in [6.07, 6.45) is 8.09. The number of rotatable bonds is 9. The monoisotopic (exact) mass is 515 g/mol. The summed E-state index contributed by atoms with van der Waals surface area (Å²) in [5.74, 6) is 2.15. The Labute approximate surface area is 223 Å². The average molecular weight is 516 g/mol. The highest BCUT2D eigenvalue weighted by Crippen LogP contribution is 2.54. The predicted molar refractivity (Wildman–Crippen MR) is 145 cm³/mol. The fourth-order valence-electron chi connectivity index (χ4n) is 7.46. The highest BCUT2D eigenvalue weighted by molar-refractivity contribution is 5.88. The second-order valence-corrected chi connectivity index (χ2v) is 11.6. The average Bonchev–Trinajstić information content (AvgIpc) is 3.33. The summed E-state index contributed by atoms with van der Waals surface area (Å²) < 4.78 is 6.05. The minimum absolute atomic E-state index is 0.0529. The number of hydrogen-bond acceptors (Lipinski definition) is 4. The Hall–Kier alpha value is -3.32. The molecule has 0 spiro atoms. The number of aromatic nitrogens is 1. The Bertz CT molecular complexity index is 1240. The van der Waals surface area contributed by atoms with Gasteiger partial charge in [-0.3, -0.25) is 4.79 Å². The van der Waals surface area contributed by atoms with Gasteiger partial charge in [0.1, 0.15) is 12.1 Å². The molecule has 4 saturated carbocycles. The molecule has 7 rings (SSSR count). The van der Waals surface area contributed by atoms with Crippen LogP contribution in [0.3, 0.4) is 0 Å². The van der Waals surface area contributed by atoms with Gasteiger partial charge in [0.2, 0.25) is 5.91 Å². The molecule has 7 heteroatoms. The van der Waals surface area contributed by atoms with Crippen molar-refractivity contribution in [2.75, 3.05) is 6.61 Å². The SMILES string of the molecule is O=C(N[C@@H](Cc1c[nH]c2ccccc12)C(=O)N[C@H](CO)Cc1ccccc1)OC1C2CC3CC(C2)CC1C3. The molecule has 2 amide bonds. The number of carbonyl (C=O) groups is 2. The number of carbonyl (C=O) groups excluding carboxylic acids is 2. The van der Waals surface area contributed by atoms with E-state index in [2.05, 4.69) is 15.6 Å². The molecule has 4 fully saturated rings. The Balaban J connectivity index is 1.16. The molecule has 0 unspecified atom stereocenters. The van der Waals surface area contributed by atoms with Crippen molar-refractivity contribution in [1.82, 2.24) is 15.6 Å². The van der Waals surface area contributed by atoms with Crippen molar-refractivity contribution in [2.45, 2.75) is 63.1 Å².